The summed E-state index contributed by atoms with van der Waals surface area (Å²) in [5.41, 5.74) is 7.84. The van der Waals surface area contributed by atoms with Crippen molar-refractivity contribution in [1.29, 1.82) is 0 Å². The van der Waals surface area contributed by atoms with Gasteiger partial charge in [0.2, 0.25) is 16.4 Å². The zero-order valence-corrected chi connectivity index (χ0v) is 16.9. The lowest BCUT2D eigenvalue weighted by atomic mass is 10.1. The van der Waals surface area contributed by atoms with E-state index in [1.807, 2.05) is 43.3 Å². The van der Waals surface area contributed by atoms with Crippen LogP contribution in [0.2, 0.25) is 0 Å². The normalized spacial score (nSPS) is 19.1. The van der Waals surface area contributed by atoms with E-state index in [1.165, 1.54) is 0 Å². The highest BCUT2D eigenvalue weighted by molar-refractivity contribution is 7.89. The number of likely N-dealkylation sites (N-methyl/N-ethyl adjacent to an activating group) is 1. The summed E-state index contributed by atoms with van der Waals surface area (Å²) in [5, 5.41) is -0.541. The van der Waals surface area contributed by atoms with Crippen LogP contribution in [0.3, 0.4) is 0 Å². The first-order chi connectivity index (χ1) is 13.4. The molecule has 2 aliphatic heterocycles. The Hall–Kier alpha value is -2.52. The quantitative estimate of drug-likeness (QED) is 0.777. The van der Waals surface area contributed by atoms with E-state index < -0.39 is 15.3 Å². The molecule has 0 aromatic carbocycles. The summed E-state index contributed by atoms with van der Waals surface area (Å²) in [6, 6.07) is 5.91. The SMILES string of the molecule is Cc1cc(-c2cnc3c(c2)C(S(=O)(=O)N2CCCC2)CN3C)ccn1.NC=O. The molecule has 4 heterocycles. The van der Waals surface area contributed by atoms with Gasteiger partial charge >= 0.3 is 0 Å². The number of amides is 1. The Morgan fingerprint density at radius 1 is 1.18 bits per heavy atom. The number of carbonyl (C=O) groups is 1. The van der Waals surface area contributed by atoms with Gasteiger partial charge in [-0.2, -0.15) is 0 Å². The molecule has 150 valence electrons. The number of sulfonamides is 1. The van der Waals surface area contributed by atoms with Crippen molar-refractivity contribution in [1.82, 2.24) is 14.3 Å². The van der Waals surface area contributed by atoms with Gasteiger partial charge in [0, 0.05) is 55.9 Å². The van der Waals surface area contributed by atoms with Gasteiger partial charge in [-0.05, 0) is 43.5 Å². The van der Waals surface area contributed by atoms with E-state index in [2.05, 4.69) is 15.7 Å². The summed E-state index contributed by atoms with van der Waals surface area (Å²) in [4.78, 5) is 19.3. The van der Waals surface area contributed by atoms with Crippen LogP contribution >= 0.6 is 0 Å². The maximum absolute atomic E-state index is 13.1. The maximum Gasteiger partial charge on any atom is 0.223 e. The summed E-state index contributed by atoms with van der Waals surface area (Å²) in [6.07, 6.45) is 5.73. The molecule has 1 saturated heterocycles. The van der Waals surface area contributed by atoms with E-state index in [1.54, 1.807) is 10.5 Å². The van der Waals surface area contributed by atoms with Crippen molar-refractivity contribution in [3.63, 3.8) is 0 Å². The molecule has 0 aliphatic carbocycles. The van der Waals surface area contributed by atoms with Crippen LogP contribution in [0, 0.1) is 6.92 Å². The van der Waals surface area contributed by atoms with Crippen molar-refractivity contribution in [2.24, 2.45) is 5.73 Å². The van der Waals surface area contributed by atoms with Gasteiger partial charge in [-0.15, -0.1) is 0 Å². The molecule has 4 rings (SSSR count). The van der Waals surface area contributed by atoms with Crippen molar-refractivity contribution >= 4 is 22.3 Å². The van der Waals surface area contributed by atoms with Crippen LogP contribution in [0.15, 0.2) is 30.6 Å². The summed E-state index contributed by atoms with van der Waals surface area (Å²) >= 11 is 0. The number of carbonyl (C=O) groups excluding carboxylic acids is 1. The lowest BCUT2D eigenvalue weighted by Gasteiger charge is -2.21. The summed E-state index contributed by atoms with van der Waals surface area (Å²) in [6.45, 7) is 3.67. The van der Waals surface area contributed by atoms with Crippen molar-refractivity contribution in [2.45, 2.75) is 25.0 Å². The molecule has 8 nitrogen and oxygen atoms in total. The molecular weight excluding hydrogens is 378 g/mol. The highest BCUT2D eigenvalue weighted by atomic mass is 32.2. The van der Waals surface area contributed by atoms with Gasteiger partial charge in [-0.1, -0.05) is 0 Å². The van der Waals surface area contributed by atoms with E-state index in [0.29, 0.717) is 19.6 Å². The second kappa shape index (κ2) is 8.24. The molecule has 1 fully saturated rings. The van der Waals surface area contributed by atoms with E-state index in [4.69, 9.17) is 4.79 Å². The predicted molar refractivity (Wildman–Crippen MR) is 108 cm³/mol. The molecule has 9 heteroatoms. The number of aryl methyl sites for hydroxylation is 1. The molecule has 0 bridgehead atoms. The number of nitrogens with two attached hydrogens (primary N) is 1. The number of hydrogen-bond donors (Lipinski definition) is 1. The maximum atomic E-state index is 13.1. The minimum absolute atomic E-state index is 0.250. The Kier molecular flexibility index (Phi) is 5.95. The molecule has 1 amide bonds. The third-order valence-electron chi connectivity index (χ3n) is 5.06. The number of primary amides is 1. The van der Waals surface area contributed by atoms with Crippen molar-refractivity contribution in [3.05, 3.63) is 41.9 Å². The number of rotatable bonds is 3. The molecule has 1 unspecified atom stereocenters. The fourth-order valence-corrected chi connectivity index (χ4v) is 5.76. The van der Waals surface area contributed by atoms with Gasteiger partial charge in [0.1, 0.15) is 11.1 Å². The number of aromatic nitrogens is 2. The number of hydrogen-bond acceptors (Lipinski definition) is 6. The summed E-state index contributed by atoms with van der Waals surface area (Å²) in [7, 11) is -1.45. The van der Waals surface area contributed by atoms with Gasteiger partial charge < -0.3 is 10.6 Å². The van der Waals surface area contributed by atoms with E-state index in [-0.39, 0.29) is 6.41 Å². The van der Waals surface area contributed by atoms with Gasteiger partial charge in [0.05, 0.1) is 0 Å². The molecule has 2 aromatic heterocycles. The second-order valence-corrected chi connectivity index (χ2v) is 9.09. The van der Waals surface area contributed by atoms with Crippen LogP contribution in [-0.4, -0.2) is 55.8 Å². The van der Waals surface area contributed by atoms with Crippen LogP contribution in [0.4, 0.5) is 5.82 Å². The molecule has 1 atom stereocenters. The Balaban J connectivity index is 0.000000706. The van der Waals surface area contributed by atoms with Crippen molar-refractivity contribution in [3.8, 4) is 11.1 Å². The average molecular weight is 404 g/mol. The van der Waals surface area contributed by atoms with Crippen LogP contribution in [0.25, 0.3) is 11.1 Å². The molecule has 0 radical (unpaired) electrons. The monoisotopic (exact) mass is 403 g/mol. The van der Waals surface area contributed by atoms with E-state index >= 15 is 0 Å². The lowest BCUT2D eigenvalue weighted by molar-refractivity contribution is -0.106. The van der Waals surface area contributed by atoms with Crippen LogP contribution < -0.4 is 10.6 Å². The highest BCUT2D eigenvalue weighted by Gasteiger charge is 2.41. The van der Waals surface area contributed by atoms with E-state index in [0.717, 1.165) is 41.0 Å². The van der Waals surface area contributed by atoms with Crippen LogP contribution in [0.5, 0.6) is 0 Å². The third-order valence-corrected chi connectivity index (χ3v) is 7.26. The highest BCUT2D eigenvalue weighted by Crippen LogP contribution is 2.41. The summed E-state index contributed by atoms with van der Waals surface area (Å²) < 4.78 is 27.9. The molecule has 0 spiro atoms. The summed E-state index contributed by atoms with van der Waals surface area (Å²) in [5.74, 6) is 0.766. The first-order valence-corrected chi connectivity index (χ1v) is 10.7. The molecule has 2 N–H and O–H groups in total. The van der Waals surface area contributed by atoms with Gasteiger partial charge in [0.25, 0.3) is 0 Å². The standard InChI is InChI=1S/C18H22N4O2S.CH3NO/c1-13-9-14(5-6-19-13)15-10-16-17(12-21(2)18(16)20-11-15)25(23,24)22-7-3-4-8-22;2-1-3/h5-6,9-11,17H,3-4,7-8,12H2,1-2H3;1H,(H2,2,3). The molecule has 28 heavy (non-hydrogen) atoms. The average Bonchev–Trinajstić information content (AvgIpc) is 3.31. The van der Waals surface area contributed by atoms with Gasteiger partial charge in [-0.25, -0.2) is 17.7 Å². The Bertz CT molecular complexity index is 958. The lowest BCUT2D eigenvalue weighted by Crippen LogP contribution is -2.34. The Labute approximate surface area is 165 Å². The van der Waals surface area contributed by atoms with Crippen molar-refractivity contribution in [2.75, 3.05) is 31.6 Å². The number of anilines is 1. The minimum atomic E-state index is -3.35. The predicted octanol–water partition coefficient (Wildman–Crippen LogP) is 1.47. The third kappa shape index (κ3) is 3.85. The van der Waals surface area contributed by atoms with E-state index in [9.17, 15) is 8.42 Å². The molecular formula is C19H25N5O3S. The van der Waals surface area contributed by atoms with Crippen molar-refractivity contribution < 1.29 is 13.2 Å². The van der Waals surface area contributed by atoms with Gasteiger partial charge in [0.15, 0.2) is 0 Å². The van der Waals surface area contributed by atoms with Gasteiger partial charge in [-0.3, -0.25) is 9.78 Å². The molecule has 0 saturated carbocycles. The first-order valence-electron chi connectivity index (χ1n) is 9.17. The number of nitrogens with zero attached hydrogens (tertiary/aromatic N) is 4. The topological polar surface area (TPSA) is 109 Å². The molecule has 2 aliphatic rings. The fraction of sp³-hybridized carbons (Fsp3) is 0.421. The largest absolute Gasteiger partial charge is 0.372 e. The number of pyridine rings is 2. The fourth-order valence-electron chi connectivity index (χ4n) is 3.72. The Morgan fingerprint density at radius 2 is 1.86 bits per heavy atom. The smallest absolute Gasteiger partial charge is 0.223 e. The first kappa shape index (κ1) is 20.2. The zero-order valence-electron chi connectivity index (χ0n) is 16.1. The second-order valence-electron chi connectivity index (χ2n) is 6.98. The zero-order chi connectivity index (χ0) is 20.3. The van der Waals surface area contributed by atoms with Crippen LogP contribution in [0.1, 0.15) is 29.3 Å². The number of fused-ring (bicyclic) bond motifs is 1. The van der Waals surface area contributed by atoms with Crippen LogP contribution in [-0.2, 0) is 14.8 Å². The molecule has 2 aromatic rings. The Morgan fingerprint density at radius 3 is 2.50 bits per heavy atom. The minimum Gasteiger partial charge on any atom is -0.372 e.